The molecule has 2 aromatic rings. The third-order valence-corrected chi connectivity index (χ3v) is 6.15. The smallest absolute Gasteiger partial charge is 0.273 e. The number of ether oxygens (including phenoxy) is 1. The number of hydrogen-bond acceptors (Lipinski definition) is 6. The highest BCUT2D eigenvalue weighted by Gasteiger charge is 2.23. The van der Waals surface area contributed by atoms with E-state index < -0.39 is 0 Å². The Bertz CT molecular complexity index is 780. The summed E-state index contributed by atoms with van der Waals surface area (Å²) in [5.74, 6) is 1.02. The summed E-state index contributed by atoms with van der Waals surface area (Å²) in [6.45, 7) is 6.45. The molecule has 144 valence electrons. The van der Waals surface area contributed by atoms with Gasteiger partial charge in [-0.2, -0.15) is 0 Å². The van der Waals surface area contributed by atoms with Gasteiger partial charge in [0.1, 0.15) is 16.5 Å². The van der Waals surface area contributed by atoms with Crippen molar-refractivity contribution in [1.82, 2.24) is 14.8 Å². The molecule has 0 saturated carbocycles. The highest BCUT2D eigenvalue weighted by atomic mass is 32.1. The molecule has 6 nitrogen and oxygen atoms in total. The quantitative estimate of drug-likeness (QED) is 0.791. The second-order valence-corrected chi connectivity index (χ2v) is 8.00. The van der Waals surface area contributed by atoms with Gasteiger partial charge in [-0.05, 0) is 25.0 Å². The number of para-hydroxylation sites is 2. The fourth-order valence-electron chi connectivity index (χ4n) is 3.79. The van der Waals surface area contributed by atoms with Crippen LogP contribution in [0.25, 0.3) is 0 Å². The minimum atomic E-state index is 0.0935. The topological polar surface area (TPSA) is 48.9 Å². The van der Waals surface area contributed by atoms with E-state index in [2.05, 4.69) is 26.9 Å². The van der Waals surface area contributed by atoms with E-state index in [0.29, 0.717) is 5.69 Å². The van der Waals surface area contributed by atoms with Crippen LogP contribution in [0.4, 0.5) is 5.69 Å². The lowest BCUT2D eigenvalue weighted by Crippen LogP contribution is -2.46. The van der Waals surface area contributed by atoms with Crippen molar-refractivity contribution in [2.45, 2.75) is 19.4 Å². The predicted molar refractivity (Wildman–Crippen MR) is 108 cm³/mol. The molecule has 2 aliphatic rings. The molecule has 0 atom stereocenters. The zero-order valence-corrected chi connectivity index (χ0v) is 16.6. The van der Waals surface area contributed by atoms with Crippen molar-refractivity contribution in [2.75, 3.05) is 51.3 Å². The molecule has 4 rings (SSSR count). The molecule has 0 aliphatic carbocycles. The first-order chi connectivity index (χ1) is 13.2. The maximum Gasteiger partial charge on any atom is 0.273 e. The third-order valence-electron chi connectivity index (χ3n) is 5.32. The van der Waals surface area contributed by atoms with E-state index in [9.17, 15) is 4.79 Å². The Kier molecular flexibility index (Phi) is 5.59. The van der Waals surface area contributed by atoms with E-state index in [1.165, 1.54) is 0 Å². The van der Waals surface area contributed by atoms with Crippen LogP contribution in [0.15, 0.2) is 29.6 Å². The molecule has 0 bridgehead atoms. The van der Waals surface area contributed by atoms with Crippen LogP contribution in [-0.4, -0.2) is 67.1 Å². The maximum atomic E-state index is 12.5. The molecule has 3 heterocycles. The molecule has 0 spiro atoms. The monoisotopic (exact) mass is 386 g/mol. The number of rotatable bonds is 5. The first-order valence-electron chi connectivity index (χ1n) is 9.58. The van der Waals surface area contributed by atoms with Crippen molar-refractivity contribution in [3.05, 3.63) is 40.3 Å². The van der Waals surface area contributed by atoms with E-state index in [0.717, 1.165) is 75.1 Å². The van der Waals surface area contributed by atoms with Crippen LogP contribution in [0.1, 0.15) is 28.3 Å². The second-order valence-electron chi connectivity index (χ2n) is 7.06. The summed E-state index contributed by atoms with van der Waals surface area (Å²) in [6.07, 6.45) is 2.22. The highest BCUT2D eigenvalue weighted by molar-refractivity contribution is 7.09. The number of carbonyl (C=O) groups excluding carboxylic acids is 1. The molecular formula is C20H26N4O2S. The number of methoxy groups -OCH3 is 1. The summed E-state index contributed by atoms with van der Waals surface area (Å²) in [5.41, 5.74) is 1.77. The van der Waals surface area contributed by atoms with Crippen LogP contribution in [0.2, 0.25) is 0 Å². The third kappa shape index (κ3) is 4.09. The summed E-state index contributed by atoms with van der Waals surface area (Å²) in [4.78, 5) is 23.8. The van der Waals surface area contributed by atoms with Crippen molar-refractivity contribution < 1.29 is 9.53 Å². The predicted octanol–water partition coefficient (Wildman–Crippen LogP) is 2.71. The number of anilines is 1. The number of hydrogen-bond donors (Lipinski definition) is 0. The molecule has 27 heavy (non-hydrogen) atoms. The van der Waals surface area contributed by atoms with Crippen LogP contribution < -0.4 is 9.64 Å². The Morgan fingerprint density at radius 3 is 2.59 bits per heavy atom. The van der Waals surface area contributed by atoms with Gasteiger partial charge in [0.2, 0.25) is 0 Å². The van der Waals surface area contributed by atoms with Gasteiger partial charge in [0.05, 0.1) is 19.3 Å². The first kappa shape index (κ1) is 18.3. The first-order valence-corrected chi connectivity index (χ1v) is 10.5. The number of aromatic nitrogens is 1. The van der Waals surface area contributed by atoms with E-state index in [4.69, 9.17) is 4.74 Å². The van der Waals surface area contributed by atoms with Crippen LogP contribution in [0.5, 0.6) is 5.75 Å². The van der Waals surface area contributed by atoms with Crippen LogP contribution in [0.3, 0.4) is 0 Å². The summed E-state index contributed by atoms with van der Waals surface area (Å²) in [7, 11) is 1.72. The van der Waals surface area contributed by atoms with Crippen molar-refractivity contribution in [3.63, 3.8) is 0 Å². The molecule has 1 aromatic carbocycles. The standard InChI is InChI=1S/C20H26N4O2S/c1-26-18-7-3-2-6-17(18)23-12-10-22(11-13-23)14-19-21-16(15-27-19)20(25)24-8-4-5-9-24/h2-3,6-7,15H,4-5,8-14H2,1H3. The van der Waals surface area contributed by atoms with Gasteiger partial charge in [-0.1, -0.05) is 12.1 Å². The lowest BCUT2D eigenvalue weighted by molar-refractivity contribution is 0.0787. The van der Waals surface area contributed by atoms with Crippen LogP contribution in [-0.2, 0) is 6.54 Å². The molecule has 2 fully saturated rings. The Morgan fingerprint density at radius 1 is 1.11 bits per heavy atom. The fraction of sp³-hybridized carbons (Fsp3) is 0.500. The molecule has 1 amide bonds. The van der Waals surface area contributed by atoms with Crippen molar-refractivity contribution >= 4 is 22.9 Å². The number of piperazine rings is 1. The zero-order chi connectivity index (χ0) is 18.6. The van der Waals surface area contributed by atoms with Gasteiger partial charge >= 0.3 is 0 Å². The average Bonchev–Trinajstić information content (AvgIpc) is 3.40. The summed E-state index contributed by atoms with van der Waals surface area (Å²) in [6, 6.07) is 8.18. The van der Waals surface area contributed by atoms with Gasteiger partial charge in [0, 0.05) is 44.6 Å². The van der Waals surface area contributed by atoms with Crippen LogP contribution in [0, 0.1) is 0 Å². The van der Waals surface area contributed by atoms with E-state index in [-0.39, 0.29) is 5.91 Å². The average molecular weight is 387 g/mol. The Labute approximate surface area is 164 Å². The number of amides is 1. The lowest BCUT2D eigenvalue weighted by atomic mass is 10.2. The Balaban J connectivity index is 1.32. The van der Waals surface area contributed by atoms with Crippen molar-refractivity contribution in [3.8, 4) is 5.75 Å². The van der Waals surface area contributed by atoms with Crippen LogP contribution >= 0.6 is 11.3 Å². The molecule has 0 N–H and O–H groups in total. The number of nitrogens with zero attached hydrogens (tertiary/aromatic N) is 4. The molecule has 7 heteroatoms. The summed E-state index contributed by atoms with van der Waals surface area (Å²) >= 11 is 1.60. The van der Waals surface area contributed by atoms with Crippen molar-refractivity contribution in [1.29, 1.82) is 0 Å². The van der Waals surface area contributed by atoms with Gasteiger partial charge in [-0.15, -0.1) is 11.3 Å². The molecule has 0 unspecified atom stereocenters. The number of benzene rings is 1. The summed E-state index contributed by atoms with van der Waals surface area (Å²) < 4.78 is 5.49. The molecule has 2 saturated heterocycles. The lowest BCUT2D eigenvalue weighted by Gasteiger charge is -2.36. The molecular weight excluding hydrogens is 360 g/mol. The summed E-state index contributed by atoms with van der Waals surface area (Å²) in [5, 5.41) is 2.95. The van der Waals surface area contributed by atoms with Gasteiger partial charge in [0.15, 0.2) is 0 Å². The molecule has 0 radical (unpaired) electrons. The fourth-order valence-corrected chi connectivity index (χ4v) is 4.60. The van der Waals surface area contributed by atoms with E-state index in [1.54, 1.807) is 18.4 Å². The highest BCUT2D eigenvalue weighted by Crippen LogP contribution is 2.28. The van der Waals surface area contributed by atoms with Gasteiger partial charge in [0.25, 0.3) is 5.91 Å². The minimum Gasteiger partial charge on any atom is -0.495 e. The number of thiazole rings is 1. The number of carbonyl (C=O) groups is 1. The van der Waals surface area contributed by atoms with Gasteiger partial charge < -0.3 is 14.5 Å². The minimum absolute atomic E-state index is 0.0935. The van der Waals surface area contributed by atoms with Gasteiger partial charge in [-0.25, -0.2) is 4.98 Å². The Hall–Kier alpha value is -2.12. The van der Waals surface area contributed by atoms with E-state index in [1.807, 2.05) is 22.4 Å². The Morgan fingerprint density at radius 2 is 1.85 bits per heavy atom. The SMILES string of the molecule is COc1ccccc1N1CCN(Cc2nc(C(=O)N3CCCC3)cs2)CC1. The maximum absolute atomic E-state index is 12.5. The second kappa shape index (κ2) is 8.27. The molecule has 1 aromatic heterocycles. The van der Waals surface area contributed by atoms with Crippen molar-refractivity contribution in [2.24, 2.45) is 0 Å². The largest absolute Gasteiger partial charge is 0.495 e. The molecule has 2 aliphatic heterocycles. The number of likely N-dealkylation sites (tertiary alicyclic amines) is 1. The van der Waals surface area contributed by atoms with E-state index >= 15 is 0 Å². The zero-order valence-electron chi connectivity index (χ0n) is 15.8. The normalized spacial score (nSPS) is 18.1. The van der Waals surface area contributed by atoms with Gasteiger partial charge in [-0.3, -0.25) is 9.69 Å².